The first kappa shape index (κ1) is 21.2. The molecule has 4 saturated carbocycles. The summed E-state index contributed by atoms with van der Waals surface area (Å²) in [7, 11) is 0. The number of carbonyl (C=O) groups excluding carboxylic acids is 1. The fourth-order valence-corrected chi connectivity index (χ4v) is 8.56. The third-order valence-corrected chi connectivity index (χ3v) is 9.97. The second-order valence-corrected chi connectivity index (χ2v) is 11.6. The Morgan fingerprint density at radius 2 is 1.97 bits per heavy atom. The summed E-state index contributed by atoms with van der Waals surface area (Å²) in [6, 6.07) is 3.76. The summed E-state index contributed by atoms with van der Waals surface area (Å²) < 4.78 is 1.74. The number of Topliss-reactive ketones (excluding diaryl/α,β-unsaturated/α-hetero) is 1. The van der Waals surface area contributed by atoms with Crippen LogP contribution in [0.2, 0.25) is 0 Å². The minimum absolute atomic E-state index is 0.160. The van der Waals surface area contributed by atoms with Crippen molar-refractivity contribution in [3.63, 3.8) is 0 Å². The van der Waals surface area contributed by atoms with Gasteiger partial charge in [0, 0.05) is 25.1 Å². The van der Waals surface area contributed by atoms with E-state index in [4.69, 9.17) is 5.26 Å². The van der Waals surface area contributed by atoms with Crippen LogP contribution in [-0.2, 0) is 11.3 Å². The number of rotatable bonds is 4. The Kier molecular flexibility index (Phi) is 5.28. The smallest absolute Gasteiger partial charge is 0.162 e. The lowest BCUT2D eigenvalue weighted by Gasteiger charge is -2.56. The van der Waals surface area contributed by atoms with Crippen LogP contribution in [0.1, 0.15) is 83.7 Å². The molecule has 0 radical (unpaired) electrons. The quantitative estimate of drug-likeness (QED) is 0.759. The summed E-state index contributed by atoms with van der Waals surface area (Å²) in [4.78, 5) is 13.3. The third kappa shape index (κ3) is 3.65. The Morgan fingerprint density at radius 1 is 1.16 bits per heavy atom. The van der Waals surface area contributed by atoms with Gasteiger partial charge >= 0.3 is 0 Å². The molecule has 0 spiro atoms. The fraction of sp³-hybridized carbons (Fsp3) is 0.808. The van der Waals surface area contributed by atoms with Crippen molar-refractivity contribution < 1.29 is 9.90 Å². The maximum atomic E-state index is 13.3. The monoisotopic (exact) mass is 423 g/mol. The van der Waals surface area contributed by atoms with Crippen molar-refractivity contribution in [1.82, 2.24) is 9.78 Å². The molecule has 1 N–H and O–H groups in total. The number of fused-ring (bicyclic) bond motifs is 5. The van der Waals surface area contributed by atoms with Crippen molar-refractivity contribution in [3.8, 4) is 6.07 Å². The molecule has 1 aromatic rings. The summed E-state index contributed by atoms with van der Waals surface area (Å²) in [5.41, 5.74) is 0.121. The van der Waals surface area contributed by atoms with Gasteiger partial charge in [-0.2, -0.15) is 10.4 Å². The van der Waals surface area contributed by atoms with Crippen LogP contribution in [0.15, 0.2) is 12.3 Å². The highest BCUT2D eigenvalue weighted by molar-refractivity contribution is 5.82. The van der Waals surface area contributed by atoms with Gasteiger partial charge in [0.15, 0.2) is 5.69 Å². The first-order valence-corrected chi connectivity index (χ1v) is 12.5. The highest BCUT2D eigenvalue weighted by Gasteiger charge is 2.58. The maximum absolute atomic E-state index is 13.3. The van der Waals surface area contributed by atoms with Crippen LogP contribution in [0.4, 0.5) is 0 Å². The van der Waals surface area contributed by atoms with E-state index in [1.54, 1.807) is 16.9 Å². The van der Waals surface area contributed by atoms with E-state index in [0.717, 1.165) is 37.0 Å². The molecular weight excluding hydrogens is 386 g/mol. The first-order valence-electron chi connectivity index (χ1n) is 12.5. The third-order valence-electron chi connectivity index (χ3n) is 9.97. The van der Waals surface area contributed by atoms with Crippen molar-refractivity contribution in [2.75, 3.05) is 0 Å². The van der Waals surface area contributed by atoms with E-state index in [1.165, 1.54) is 38.5 Å². The maximum Gasteiger partial charge on any atom is 0.162 e. The van der Waals surface area contributed by atoms with Crippen LogP contribution >= 0.6 is 0 Å². The minimum Gasteiger partial charge on any atom is -0.390 e. The fourth-order valence-electron chi connectivity index (χ4n) is 8.56. The highest BCUT2D eigenvalue weighted by Crippen LogP contribution is 2.64. The molecule has 8 atom stereocenters. The first-order chi connectivity index (χ1) is 14.8. The largest absolute Gasteiger partial charge is 0.390 e. The molecule has 4 aliphatic carbocycles. The molecule has 4 fully saturated rings. The van der Waals surface area contributed by atoms with E-state index < -0.39 is 5.60 Å². The normalized spacial score (nSPS) is 44.1. The predicted molar refractivity (Wildman–Crippen MR) is 118 cm³/mol. The van der Waals surface area contributed by atoms with Gasteiger partial charge in [0.05, 0.1) is 5.60 Å². The van der Waals surface area contributed by atoms with E-state index in [0.29, 0.717) is 36.3 Å². The van der Waals surface area contributed by atoms with Crippen molar-refractivity contribution in [1.29, 1.82) is 5.26 Å². The van der Waals surface area contributed by atoms with E-state index in [9.17, 15) is 9.90 Å². The predicted octanol–water partition coefficient (Wildman–Crippen LogP) is 4.73. The topological polar surface area (TPSA) is 78.9 Å². The van der Waals surface area contributed by atoms with Crippen LogP contribution in [0.25, 0.3) is 0 Å². The lowest BCUT2D eigenvalue weighted by atomic mass is 9.49. The average molecular weight is 424 g/mol. The summed E-state index contributed by atoms with van der Waals surface area (Å²) in [6.07, 6.45) is 12.8. The van der Waals surface area contributed by atoms with Gasteiger partial charge in [-0.25, -0.2) is 0 Å². The second kappa shape index (κ2) is 7.73. The molecule has 1 heterocycles. The molecule has 31 heavy (non-hydrogen) atoms. The van der Waals surface area contributed by atoms with Gasteiger partial charge in [-0.3, -0.25) is 9.48 Å². The lowest BCUT2D eigenvalue weighted by Crippen LogP contribution is -2.51. The zero-order valence-corrected chi connectivity index (χ0v) is 19.1. The second-order valence-electron chi connectivity index (χ2n) is 11.6. The van der Waals surface area contributed by atoms with E-state index in [1.807, 2.05) is 6.92 Å². The zero-order valence-electron chi connectivity index (χ0n) is 19.1. The summed E-state index contributed by atoms with van der Waals surface area (Å²) in [6.45, 7) is 5.03. The molecule has 0 bridgehead atoms. The molecule has 4 aliphatic rings. The number of aromatic nitrogens is 2. The molecule has 5 rings (SSSR count). The standard InChI is InChI=1S/C26H37N3O2/c1-25(31)11-7-19-17(15-25)3-4-21-20(19)8-12-26(2)22(21)5-6-23(26)24(30)10-14-29-13-9-18(16-27)28-29/h9,13,17,19-23,31H,3-8,10-12,14-15H2,1-2H3/t17-,19+,20-,21-,22+,23-,25-,26+/m1/s1. The molecule has 5 nitrogen and oxygen atoms in total. The number of aryl methyl sites for hydroxylation is 1. The Morgan fingerprint density at radius 3 is 2.74 bits per heavy atom. The molecular formula is C26H37N3O2. The average Bonchev–Trinajstić information content (AvgIpc) is 3.34. The molecule has 0 saturated heterocycles. The SMILES string of the molecule is C[C@@]1(O)CC[C@H]2[C@H](CC[C@@H]3[C@@H]2CC[C@]2(C)[C@@H](C(=O)CCn4ccc(C#N)n4)CC[C@@H]32)C1. The molecule has 0 aromatic carbocycles. The Bertz CT molecular complexity index is 883. The van der Waals surface area contributed by atoms with E-state index in [-0.39, 0.29) is 11.3 Å². The van der Waals surface area contributed by atoms with E-state index in [2.05, 4.69) is 18.1 Å². The summed E-state index contributed by atoms with van der Waals surface area (Å²) in [5, 5.41) is 23.8. The molecule has 5 heteroatoms. The van der Waals surface area contributed by atoms with Crippen LogP contribution in [-0.4, -0.2) is 26.3 Å². The number of nitriles is 1. The van der Waals surface area contributed by atoms with Crippen LogP contribution in [0, 0.1) is 52.3 Å². The molecule has 0 unspecified atom stereocenters. The summed E-state index contributed by atoms with van der Waals surface area (Å²) in [5.74, 6) is 4.39. The minimum atomic E-state index is -0.454. The van der Waals surface area contributed by atoms with Crippen LogP contribution in [0.3, 0.4) is 0 Å². The van der Waals surface area contributed by atoms with E-state index >= 15 is 0 Å². The number of aliphatic hydroxyl groups is 1. The Balaban J connectivity index is 1.25. The van der Waals surface area contributed by atoms with Crippen LogP contribution < -0.4 is 0 Å². The number of carbonyl (C=O) groups is 1. The molecule has 1 aromatic heterocycles. The summed E-state index contributed by atoms with van der Waals surface area (Å²) >= 11 is 0. The number of hydrogen-bond acceptors (Lipinski definition) is 4. The van der Waals surface area contributed by atoms with Crippen molar-refractivity contribution in [3.05, 3.63) is 18.0 Å². The number of nitrogens with zero attached hydrogens (tertiary/aromatic N) is 3. The van der Waals surface area contributed by atoms with Gasteiger partial charge in [-0.1, -0.05) is 6.92 Å². The van der Waals surface area contributed by atoms with Gasteiger partial charge in [0.2, 0.25) is 0 Å². The van der Waals surface area contributed by atoms with Gasteiger partial charge in [-0.05, 0) is 106 Å². The lowest BCUT2D eigenvalue weighted by molar-refractivity contribution is -0.132. The molecule has 0 aliphatic heterocycles. The van der Waals surface area contributed by atoms with Gasteiger partial charge < -0.3 is 5.11 Å². The number of hydrogen-bond donors (Lipinski definition) is 1. The van der Waals surface area contributed by atoms with Gasteiger partial charge in [-0.15, -0.1) is 0 Å². The van der Waals surface area contributed by atoms with Gasteiger partial charge in [0.25, 0.3) is 0 Å². The molecule has 0 amide bonds. The number of ketones is 1. The van der Waals surface area contributed by atoms with Gasteiger partial charge in [0.1, 0.15) is 11.9 Å². The molecule has 168 valence electrons. The van der Waals surface area contributed by atoms with Crippen molar-refractivity contribution in [2.45, 2.75) is 90.2 Å². The zero-order chi connectivity index (χ0) is 21.8. The Labute approximate surface area is 186 Å². The highest BCUT2D eigenvalue weighted by atomic mass is 16.3. The van der Waals surface area contributed by atoms with Crippen molar-refractivity contribution >= 4 is 5.78 Å². The van der Waals surface area contributed by atoms with Crippen LogP contribution in [0.5, 0.6) is 0 Å². The Hall–Kier alpha value is -1.67. The van der Waals surface area contributed by atoms with Crippen molar-refractivity contribution in [2.24, 2.45) is 40.9 Å².